The van der Waals surface area contributed by atoms with Crippen LogP contribution in [-0.2, 0) is 16.1 Å². The van der Waals surface area contributed by atoms with Crippen molar-refractivity contribution in [3.8, 4) is 17.0 Å². The van der Waals surface area contributed by atoms with Crippen molar-refractivity contribution in [2.45, 2.75) is 76.7 Å². The van der Waals surface area contributed by atoms with Crippen molar-refractivity contribution in [3.05, 3.63) is 59.2 Å². The lowest BCUT2D eigenvalue weighted by molar-refractivity contribution is -0.136. The standard InChI is InChI=1S/C42H50F2N10O5/c1-24-18-49(20-26-8-10-50(11-9-26)29-5-4-27-21-52(40(58)30(27)16-29)34-6-7-36(55)46-39(34)57)19-25(2)54(24)41(59)51-12-13-53-35-17-33(31-14-28(43)15-32(44)37(31)56)47-48-38(35)45-22-42(53,3)23-51/h4-5,14-17,24-26,34,56H,6-13,18-23H2,1-3H3,(H,45,48)(H,46,55,57)/t24-,25+,34-,42-/m0/s1. The summed E-state index contributed by atoms with van der Waals surface area (Å²) in [5.41, 5.74) is 2.82. The average Bonchev–Trinajstić information content (AvgIpc) is 3.53. The van der Waals surface area contributed by atoms with E-state index >= 15 is 0 Å². The largest absolute Gasteiger partial charge is 0.504 e. The van der Waals surface area contributed by atoms with E-state index in [1.54, 1.807) is 11.0 Å². The van der Waals surface area contributed by atoms with Crippen molar-refractivity contribution in [3.63, 3.8) is 0 Å². The second-order valence-electron chi connectivity index (χ2n) is 17.4. The Balaban J connectivity index is 0.785. The molecule has 4 saturated heterocycles. The van der Waals surface area contributed by atoms with Gasteiger partial charge in [0.05, 0.1) is 16.9 Å². The first-order valence-electron chi connectivity index (χ1n) is 20.7. The highest BCUT2D eigenvalue weighted by molar-refractivity contribution is 6.05. The van der Waals surface area contributed by atoms with Crippen LogP contribution < -0.4 is 20.4 Å². The maximum absolute atomic E-state index is 14.3. The molecule has 4 fully saturated rings. The number of phenolic OH excluding ortho intramolecular Hbond substituents is 1. The number of rotatable bonds is 5. The summed E-state index contributed by atoms with van der Waals surface area (Å²) >= 11 is 0. The molecular formula is C42H50F2N10O5. The number of hydrogen-bond donors (Lipinski definition) is 3. The van der Waals surface area contributed by atoms with Crippen molar-refractivity contribution in [2.75, 3.05) is 74.0 Å². The SMILES string of the molecule is C[C@@H]1CN(CC2CCN(c3ccc4c(c3)C(=O)N([C@H]3CCC(=O)NC3=O)C4)CC2)C[C@H](C)N1C(=O)N1CCN2c3cc(-c4cc(F)cc(F)c4O)nnc3NC[C@@]2(C)C1. The van der Waals surface area contributed by atoms with E-state index in [0.29, 0.717) is 68.2 Å². The van der Waals surface area contributed by atoms with E-state index in [0.717, 1.165) is 62.9 Å². The van der Waals surface area contributed by atoms with Gasteiger partial charge in [-0.3, -0.25) is 24.6 Å². The number of aromatic nitrogens is 2. The third-order valence-corrected chi connectivity index (χ3v) is 13.3. The third-order valence-electron chi connectivity index (χ3n) is 13.3. The van der Waals surface area contributed by atoms with Gasteiger partial charge in [0.25, 0.3) is 5.91 Å². The molecule has 1 aromatic heterocycles. The lowest BCUT2D eigenvalue weighted by atomic mass is 9.92. The molecule has 7 heterocycles. The number of nitrogens with one attached hydrogen (secondary N) is 2. The molecule has 9 rings (SSSR count). The van der Waals surface area contributed by atoms with Gasteiger partial charge in [0.1, 0.15) is 11.9 Å². The number of fused-ring (bicyclic) bond motifs is 4. The molecule has 0 spiro atoms. The Labute approximate surface area is 341 Å². The molecule has 15 nitrogen and oxygen atoms in total. The Bertz CT molecular complexity index is 2210. The van der Waals surface area contributed by atoms with Gasteiger partial charge in [-0.1, -0.05) is 6.07 Å². The smallest absolute Gasteiger partial charge is 0.320 e. The van der Waals surface area contributed by atoms with Crippen molar-refractivity contribution >= 4 is 40.9 Å². The van der Waals surface area contributed by atoms with Gasteiger partial charge in [0.2, 0.25) is 11.8 Å². The number of hydrogen-bond acceptors (Lipinski definition) is 11. The molecule has 0 bridgehead atoms. The monoisotopic (exact) mass is 812 g/mol. The highest BCUT2D eigenvalue weighted by Gasteiger charge is 2.46. The topological polar surface area (TPSA) is 158 Å². The number of halogens is 2. The van der Waals surface area contributed by atoms with Crippen LogP contribution in [0, 0.1) is 17.6 Å². The molecule has 0 unspecified atom stereocenters. The maximum atomic E-state index is 14.3. The van der Waals surface area contributed by atoms with Gasteiger partial charge in [-0.2, -0.15) is 0 Å². The first-order chi connectivity index (χ1) is 28.3. The molecule has 0 aliphatic carbocycles. The summed E-state index contributed by atoms with van der Waals surface area (Å²) in [6.45, 7) is 13.0. The quantitative estimate of drug-likeness (QED) is 0.324. The number of carbonyl (C=O) groups excluding carboxylic acids is 4. The van der Waals surface area contributed by atoms with E-state index in [4.69, 9.17) is 0 Å². The van der Waals surface area contributed by atoms with E-state index in [1.807, 2.05) is 21.9 Å². The van der Waals surface area contributed by atoms with Crippen LogP contribution in [0.2, 0.25) is 0 Å². The van der Waals surface area contributed by atoms with E-state index < -0.39 is 34.9 Å². The lowest BCUT2D eigenvalue weighted by Crippen LogP contribution is -2.69. The fraction of sp³-hybridized carbons (Fsp3) is 0.524. The molecule has 4 atom stereocenters. The van der Waals surface area contributed by atoms with E-state index in [-0.39, 0.29) is 47.6 Å². The fourth-order valence-corrected chi connectivity index (χ4v) is 10.3. The zero-order valence-electron chi connectivity index (χ0n) is 33.6. The molecule has 2 aromatic carbocycles. The van der Waals surface area contributed by atoms with Crippen LogP contribution >= 0.6 is 0 Å². The number of imide groups is 1. The van der Waals surface area contributed by atoms with Gasteiger partial charge in [-0.15, -0.1) is 10.2 Å². The van der Waals surface area contributed by atoms with Crippen LogP contribution in [0.3, 0.4) is 0 Å². The molecule has 3 N–H and O–H groups in total. The number of amides is 5. The Morgan fingerprint density at radius 3 is 2.46 bits per heavy atom. The molecular weight excluding hydrogens is 763 g/mol. The number of carbonyl (C=O) groups is 4. The summed E-state index contributed by atoms with van der Waals surface area (Å²) < 4.78 is 28.3. The number of piperidine rings is 2. The Hall–Kier alpha value is -5.58. The molecule has 59 heavy (non-hydrogen) atoms. The predicted octanol–water partition coefficient (Wildman–Crippen LogP) is 3.63. The fourth-order valence-electron chi connectivity index (χ4n) is 10.3. The second kappa shape index (κ2) is 14.9. The summed E-state index contributed by atoms with van der Waals surface area (Å²) in [6.07, 6.45) is 2.61. The summed E-state index contributed by atoms with van der Waals surface area (Å²) in [5.74, 6) is -2.40. The number of urea groups is 1. The molecule has 3 aromatic rings. The number of aromatic hydroxyl groups is 1. The van der Waals surface area contributed by atoms with Gasteiger partial charge < -0.3 is 34.9 Å². The number of piperazine rings is 2. The average molecular weight is 813 g/mol. The van der Waals surface area contributed by atoms with Crippen molar-refractivity contribution in [1.29, 1.82) is 0 Å². The molecule has 0 saturated carbocycles. The number of phenols is 1. The van der Waals surface area contributed by atoms with Gasteiger partial charge in [-0.05, 0) is 75.8 Å². The summed E-state index contributed by atoms with van der Waals surface area (Å²) in [4.78, 5) is 64.4. The third kappa shape index (κ3) is 7.06. The van der Waals surface area contributed by atoms with Crippen LogP contribution in [0.15, 0.2) is 36.4 Å². The summed E-state index contributed by atoms with van der Waals surface area (Å²) in [6, 6.07) is 8.79. The molecule has 6 aliphatic heterocycles. The van der Waals surface area contributed by atoms with Crippen LogP contribution in [-0.4, -0.2) is 141 Å². The second-order valence-corrected chi connectivity index (χ2v) is 17.4. The molecule has 5 amide bonds. The normalized spacial score (nSPS) is 26.4. The molecule has 0 radical (unpaired) electrons. The lowest BCUT2D eigenvalue weighted by Gasteiger charge is -2.54. The Morgan fingerprint density at radius 2 is 1.71 bits per heavy atom. The predicted molar refractivity (Wildman–Crippen MR) is 215 cm³/mol. The number of benzene rings is 2. The molecule has 6 aliphatic rings. The van der Waals surface area contributed by atoms with Gasteiger partial charge in [0, 0.05) is 107 Å². The van der Waals surface area contributed by atoms with Gasteiger partial charge >= 0.3 is 6.03 Å². The van der Waals surface area contributed by atoms with Crippen LogP contribution in [0.25, 0.3) is 11.3 Å². The minimum Gasteiger partial charge on any atom is -0.504 e. The van der Waals surface area contributed by atoms with Crippen molar-refractivity contribution in [1.82, 2.24) is 35.1 Å². The van der Waals surface area contributed by atoms with Gasteiger partial charge in [-0.25, -0.2) is 13.6 Å². The van der Waals surface area contributed by atoms with Crippen molar-refractivity contribution in [2.24, 2.45) is 5.92 Å². The molecule has 17 heteroatoms. The van der Waals surface area contributed by atoms with Crippen LogP contribution in [0.5, 0.6) is 5.75 Å². The van der Waals surface area contributed by atoms with Gasteiger partial charge in [0.15, 0.2) is 17.4 Å². The Kier molecular flexibility index (Phi) is 9.83. The van der Waals surface area contributed by atoms with E-state index in [9.17, 15) is 33.1 Å². The summed E-state index contributed by atoms with van der Waals surface area (Å²) in [5, 5.41) is 24.5. The van der Waals surface area contributed by atoms with Crippen LogP contribution in [0.4, 0.5) is 30.8 Å². The molecule has 312 valence electrons. The minimum atomic E-state index is -1.07. The van der Waals surface area contributed by atoms with Crippen LogP contribution in [0.1, 0.15) is 62.4 Å². The zero-order chi connectivity index (χ0) is 41.3. The number of anilines is 3. The van der Waals surface area contributed by atoms with E-state index in [1.165, 1.54) is 0 Å². The highest BCUT2D eigenvalue weighted by Crippen LogP contribution is 2.41. The van der Waals surface area contributed by atoms with E-state index in [2.05, 4.69) is 62.4 Å². The zero-order valence-corrected chi connectivity index (χ0v) is 33.6. The minimum absolute atomic E-state index is 0.0169. The Morgan fingerprint density at radius 1 is 0.949 bits per heavy atom. The first-order valence-corrected chi connectivity index (χ1v) is 20.7. The number of nitrogens with zero attached hydrogens (tertiary/aromatic N) is 8. The highest BCUT2D eigenvalue weighted by atomic mass is 19.1. The maximum Gasteiger partial charge on any atom is 0.320 e. The first kappa shape index (κ1) is 38.9. The summed E-state index contributed by atoms with van der Waals surface area (Å²) in [7, 11) is 0. The van der Waals surface area contributed by atoms with Crippen molar-refractivity contribution < 1.29 is 33.1 Å².